The van der Waals surface area contributed by atoms with Crippen molar-refractivity contribution >= 4 is 23.2 Å². The van der Waals surface area contributed by atoms with Crippen LogP contribution >= 0.6 is 11.6 Å². The summed E-state index contributed by atoms with van der Waals surface area (Å²) in [6.45, 7) is 0.316. The second kappa shape index (κ2) is 6.41. The molecule has 0 radical (unpaired) electrons. The molecule has 1 aliphatic rings. The Morgan fingerprint density at radius 1 is 1.43 bits per heavy atom. The number of carbonyl (C=O) groups excluding carboxylic acids is 1. The molecule has 0 spiro atoms. The Balaban J connectivity index is 2.14. The average Bonchev–Trinajstić information content (AvgIpc) is 2.93. The summed E-state index contributed by atoms with van der Waals surface area (Å²) in [6, 6.07) is 4.25. The largest absolute Gasteiger partial charge is 0.396 e. The van der Waals surface area contributed by atoms with Crippen LogP contribution in [-0.4, -0.2) is 29.1 Å². The first-order valence-electron chi connectivity index (χ1n) is 6.81. The topological polar surface area (TPSA) is 92.5 Å². The van der Waals surface area contributed by atoms with E-state index in [1.54, 1.807) is 0 Å². The van der Waals surface area contributed by atoms with Gasteiger partial charge in [-0.05, 0) is 25.0 Å². The number of halogens is 1. The molecule has 21 heavy (non-hydrogen) atoms. The lowest BCUT2D eigenvalue weighted by atomic mass is 9.87. The van der Waals surface area contributed by atoms with Crippen LogP contribution in [-0.2, 0) is 0 Å². The lowest BCUT2D eigenvalue weighted by Gasteiger charge is -2.26. The summed E-state index contributed by atoms with van der Waals surface area (Å²) < 4.78 is 0. The molecule has 1 aromatic carbocycles. The Kier molecular flexibility index (Phi) is 4.80. The van der Waals surface area contributed by atoms with E-state index in [-0.39, 0.29) is 28.3 Å². The molecule has 0 heterocycles. The highest BCUT2D eigenvalue weighted by Crippen LogP contribution is 2.37. The van der Waals surface area contributed by atoms with Crippen molar-refractivity contribution in [1.29, 1.82) is 0 Å². The van der Waals surface area contributed by atoms with Crippen LogP contribution in [0, 0.1) is 15.5 Å². The van der Waals surface area contributed by atoms with Crippen molar-refractivity contribution in [2.75, 3.05) is 13.2 Å². The third-order valence-electron chi connectivity index (χ3n) is 4.04. The zero-order chi connectivity index (χ0) is 15.5. The summed E-state index contributed by atoms with van der Waals surface area (Å²) in [6.07, 6.45) is 3.74. The van der Waals surface area contributed by atoms with Crippen molar-refractivity contribution in [3.05, 3.63) is 38.9 Å². The molecule has 114 valence electrons. The number of benzene rings is 1. The Labute approximate surface area is 127 Å². The zero-order valence-corrected chi connectivity index (χ0v) is 12.2. The van der Waals surface area contributed by atoms with Crippen LogP contribution in [0.2, 0.25) is 5.02 Å². The average molecular weight is 313 g/mol. The van der Waals surface area contributed by atoms with E-state index in [1.165, 1.54) is 18.2 Å². The number of nitrogens with zero attached hydrogens (tertiary/aromatic N) is 1. The number of hydrogen-bond donors (Lipinski definition) is 2. The maximum Gasteiger partial charge on any atom is 0.300 e. The fraction of sp³-hybridized carbons (Fsp3) is 0.500. The maximum absolute atomic E-state index is 12.2. The molecule has 1 amide bonds. The molecule has 0 atom stereocenters. The number of carbonyl (C=O) groups is 1. The summed E-state index contributed by atoms with van der Waals surface area (Å²) in [5.74, 6) is -0.538. The predicted molar refractivity (Wildman–Crippen MR) is 78.4 cm³/mol. The van der Waals surface area contributed by atoms with E-state index in [0.717, 1.165) is 25.7 Å². The minimum absolute atomic E-state index is 0.00488. The van der Waals surface area contributed by atoms with Crippen molar-refractivity contribution < 1.29 is 14.8 Å². The molecule has 0 unspecified atom stereocenters. The number of hydrogen-bond acceptors (Lipinski definition) is 4. The summed E-state index contributed by atoms with van der Waals surface area (Å²) in [5, 5.41) is 23.2. The Bertz CT molecular complexity index is 556. The highest BCUT2D eigenvalue weighted by Gasteiger charge is 2.34. The molecule has 0 aliphatic heterocycles. The number of amides is 1. The molecule has 7 heteroatoms. The van der Waals surface area contributed by atoms with Crippen LogP contribution in [0.4, 0.5) is 5.69 Å². The maximum atomic E-state index is 12.2. The van der Waals surface area contributed by atoms with Gasteiger partial charge in [-0.25, -0.2) is 0 Å². The van der Waals surface area contributed by atoms with E-state index in [4.69, 9.17) is 11.6 Å². The van der Waals surface area contributed by atoms with Crippen LogP contribution in [0.5, 0.6) is 0 Å². The molecule has 0 saturated heterocycles. The monoisotopic (exact) mass is 312 g/mol. The van der Waals surface area contributed by atoms with Crippen LogP contribution < -0.4 is 5.32 Å². The summed E-state index contributed by atoms with van der Waals surface area (Å²) in [5.41, 5.74) is -0.747. The number of nitrogens with one attached hydrogen (secondary N) is 1. The Morgan fingerprint density at radius 3 is 2.67 bits per heavy atom. The molecule has 6 nitrogen and oxygen atoms in total. The molecule has 1 aromatic rings. The van der Waals surface area contributed by atoms with Gasteiger partial charge in [0.1, 0.15) is 10.6 Å². The standard InChI is InChI=1S/C14H17ClN2O4/c15-11-5-3-4-10(12(11)17(20)21)13(19)16-8-14(9-18)6-1-2-7-14/h3-5,18H,1-2,6-9H2,(H,16,19). The van der Waals surface area contributed by atoms with E-state index in [0.29, 0.717) is 6.54 Å². The lowest BCUT2D eigenvalue weighted by Crippen LogP contribution is -2.38. The minimum atomic E-state index is -0.658. The lowest BCUT2D eigenvalue weighted by molar-refractivity contribution is -0.385. The van der Waals surface area contributed by atoms with Gasteiger partial charge in [-0.2, -0.15) is 0 Å². The Hall–Kier alpha value is -1.66. The smallest absolute Gasteiger partial charge is 0.300 e. The highest BCUT2D eigenvalue weighted by atomic mass is 35.5. The fourth-order valence-electron chi connectivity index (χ4n) is 2.76. The summed E-state index contributed by atoms with van der Waals surface area (Å²) in [7, 11) is 0. The summed E-state index contributed by atoms with van der Waals surface area (Å²) in [4.78, 5) is 22.6. The van der Waals surface area contributed by atoms with Gasteiger partial charge in [-0.3, -0.25) is 14.9 Å². The van der Waals surface area contributed by atoms with Gasteiger partial charge in [-0.15, -0.1) is 0 Å². The SMILES string of the molecule is O=C(NCC1(CO)CCCC1)c1cccc(Cl)c1[N+](=O)[O-]. The fourth-order valence-corrected chi connectivity index (χ4v) is 3.01. The van der Waals surface area contributed by atoms with Crippen LogP contribution in [0.3, 0.4) is 0 Å². The quantitative estimate of drug-likeness (QED) is 0.645. The van der Waals surface area contributed by atoms with Gasteiger partial charge in [0.15, 0.2) is 0 Å². The van der Waals surface area contributed by atoms with Gasteiger partial charge in [0.2, 0.25) is 0 Å². The second-order valence-electron chi connectivity index (χ2n) is 5.44. The third-order valence-corrected chi connectivity index (χ3v) is 4.34. The number of aliphatic hydroxyl groups is 1. The number of rotatable bonds is 5. The number of aliphatic hydroxyl groups excluding tert-OH is 1. The van der Waals surface area contributed by atoms with E-state index < -0.39 is 10.8 Å². The van der Waals surface area contributed by atoms with Crippen molar-refractivity contribution in [2.45, 2.75) is 25.7 Å². The first-order valence-corrected chi connectivity index (χ1v) is 7.19. The van der Waals surface area contributed by atoms with Crippen LogP contribution in [0.25, 0.3) is 0 Å². The van der Waals surface area contributed by atoms with Gasteiger partial charge in [0.25, 0.3) is 5.91 Å². The molecule has 2 N–H and O–H groups in total. The Morgan fingerprint density at radius 2 is 2.10 bits per heavy atom. The molecule has 1 fully saturated rings. The van der Waals surface area contributed by atoms with Gasteiger partial charge in [0.05, 0.1) is 11.5 Å². The third kappa shape index (κ3) is 3.33. The van der Waals surface area contributed by atoms with Gasteiger partial charge in [0, 0.05) is 12.0 Å². The molecular weight excluding hydrogens is 296 g/mol. The summed E-state index contributed by atoms with van der Waals surface area (Å²) >= 11 is 5.79. The van der Waals surface area contributed by atoms with E-state index >= 15 is 0 Å². The first-order chi connectivity index (χ1) is 9.99. The molecule has 0 bridgehead atoms. The van der Waals surface area contributed by atoms with E-state index in [9.17, 15) is 20.0 Å². The van der Waals surface area contributed by atoms with Crippen molar-refractivity contribution in [3.8, 4) is 0 Å². The normalized spacial score (nSPS) is 16.7. The second-order valence-corrected chi connectivity index (χ2v) is 5.85. The van der Waals surface area contributed by atoms with Crippen LogP contribution in [0.1, 0.15) is 36.0 Å². The molecular formula is C14H17ClN2O4. The van der Waals surface area contributed by atoms with Gasteiger partial charge in [-0.1, -0.05) is 30.5 Å². The predicted octanol–water partition coefficient (Wildman–Crippen LogP) is 2.53. The minimum Gasteiger partial charge on any atom is -0.396 e. The van der Waals surface area contributed by atoms with Gasteiger partial charge >= 0.3 is 5.69 Å². The zero-order valence-electron chi connectivity index (χ0n) is 11.5. The molecule has 2 rings (SSSR count). The van der Waals surface area contributed by atoms with Crippen molar-refractivity contribution in [2.24, 2.45) is 5.41 Å². The highest BCUT2D eigenvalue weighted by molar-refractivity contribution is 6.33. The number of nitro benzene ring substituents is 1. The molecule has 0 aromatic heterocycles. The molecule has 1 aliphatic carbocycles. The van der Waals surface area contributed by atoms with E-state index in [2.05, 4.69) is 5.32 Å². The van der Waals surface area contributed by atoms with Crippen LogP contribution in [0.15, 0.2) is 18.2 Å². The number of nitro groups is 1. The van der Waals surface area contributed by atoms with Gasteiger partial charge < -0.3 is 10.4 Å². The van der Waals surface area contributed by atoms with E-state index in [1.807, 2.05) is 0 Å². The molecule has 1 saturated carbocycles. The van der Waals surface area contributed by atoms with Crippen molar-refractivity contribution in [3.63, 3.8) is 0 Å². The number of para-hydroxylation sites is 1. The van der Waals surface area contributed by atoms with Crippen molar-refractivity contribution in [1.82, 2.24) is 5.32 Å². The first kappa shape index (κ1) is 15.7.